The fourth-order valence-electron chi connectivity index (χ4n) is 2.07. The fraction of sp³-hybridized carbons (Fsp3) is 0.909. The molecule has 0 atom stereocenters. The minimum absolute atomic E-state index is 0. The van der Waals surface area contributed by atoms with Gasteiger partial charge in [-0.05, 0) is 0 Å². The zero-order chi connectivity index (χ0) is 12.9. The van der Waals surface area contributed by atoms with Crippen molar-refractivity contribution in [1.82, 2.24) is 0 Å². The van der Waals surface area contributed by atoms with Crippen LogP contribution in [0.3, 0.4) is 0 Å². The summed E-state index contributed by atoms with van der Waals surface area (Å²) < 4.78 is 0. The number of amides is 1. The van der Waals surface area contributed by atoms with E-state index in [0.717, 1.165) is 0 Å². The van der Waals surface area contributed by atoms with Crippen molar-refractivity contribution in [2.24, 2.45) is 10.8 Å². The normalized spacial score (nSPS) is 11.3. The third-order valence-corrected chi connectivity index (χ3v) is 1.90. The largest absolute Gasteiger partial charge is 1.00 e. The minimum Gasteiger partial charge on any atom is -0.661 e. The molecule has 0 unspecified atom stereocenters. The van der Waals surface area contributed by atoms with Crippen LogP contribution in [0.2, 0.25) is 0 Å². The maximum Gasteiger partial charge on any atom is 1.00 e. The minimum atomic E-state index is -0.889. The molecular weight excluding hydrogens is 247 g/mol. The second kappa shape index (κ2) is 9.36. The zero-order valence-electron chi connectivity index (χ0n) is 11.9. The molecule has 0 aromatic heterocycles. The number of hydrogen-bond acceptors (Lipinski definition) is 1. The van der Waals surface area contributed by atoms with Crippen molar-refractivity contribution in [1.29, 1.82) is 0 Å². The van der Waals surface area contributed by atoms with Gasteiger partial charge in [-0.2, -0.15) is 7.05 Å². The summed E-state index contributed by atoms with van der Waals surface area (Å²) in [5, 5.41) is 3.54. The smallest absolute Gasteiger partial charge is 0.661 e. The predicted molar refractivity (Wildman–Crippen MR) is 70.7 cm³/mol. The molecule has 3 nitrogen and oxygen atoms in total. The molecule has 0 aromatic carbocycles. The first kappa shape index (κ1) is 22.6. The molecule has 0 aliphatic heterocycles. The van der Waals surface area contributed by atoms with Crippen LogP contribution < -0.4 is 51.4 Å². The Morgan fingerprint density at radius 1 is 1.12 bits per heavy atom. The third-order valence-electron chi connectivity index (χ3n) is 1.90. The molecule has 1 amide bonds. The molecule has 0 heterocycles. The van der Waals surface area contributed by atoms with Crippen LogP contribution in [0.15, 0.2) is 0 Å². The van der Waals surface area contributed by atoms with Gasteiger partial charge in [0.2, 0.25) is 0 Å². The predicted octanol–water partition coefficient (Wildman–Crippen LogP) is 1.54. The van der Waals surface area contributed by atoms with Gasteiger partial charge in [0.05, 0.1) is 0 Å². The Labute approximate surface area is 149 Å². The quantitative estimate of drug-likeness (QED) is 0.571. The summed E-state index contributed by atoms with van der Waals surface area (Å²) in [4.78, 5) is 8.98. The van der Waals surface area contributed by atoms with Crippen molar-refractivity contribution in [2.75, 3.05) is 7.05 Å². The summed E-state index contributed by atoms with van der Waals surface area (Å²) in [6, 6.07) is 0.440. The third kappa shape index (κ3) is 13.5. The van der Waals surface area contributed by atoms with Gasteiger partial charge in [-0.15, -0.1) is 18.7 Å². The van der Waals surface area contributed by atoms with Crippen LogP contribution in [-0.4, -0.2) is 18.3 Å². The van der Waals surface area contributed by atoms with E-state index in [1.807, 2.05) is 7.05 Å². The summed E-state index contributed by atoms with van der Waals surface area (Å²) in [7, 11) is 1.92. The van der Waals surface area contributed by atoms with Crippen molar-refractivity contribution >= 4 is 17.9 Å². The van der Waals surface area contributed by atoms with Crippen LogP contribution in [0, 0.1) is 10.8 Å². The van der Waals surface area contributed by atoms with Crippen molar-refractivity contribution in [3.05, 3.63) is 11.1 Å². The van der Waals surface area contributed by atoms with E-state index in [1.165, 1.54) is 0 Å². The summed E-state index contributed by atoms with van der Waals surface area (Å²) in [5.41, 5.74) is 6.38. The molecule has 0 fully saturated rings. The molecule has 92 valence electrons. The number of hydrogen-bond donors (Lipinski definition) is 1. The topological polar surface area (TPSA) is 55.0 Å². The average Bonchev–Trinajstić information content (AvgIpc) is 1.78. The van der Waals surface area contributed by atoms with Crippen molar-refractivity contribution in [3.8, 4) is 0 Å². The van der Waals surface area contributed by atoms with Crippen molar-refractivity contribution in [2.45, 2.75) is 47.6 Å². The molecular formula is C11H24KN2OS-. The zero-order valence-corrected chi connectivity index (χ0v) is 15.9. The molecule has 1 N–H and O–H groups in total. The molecule has 0 aliphatic rings. The SMILES string of the molecule is C[N-]C(C(C)(C)C)C(C)(C)C.[K+].[NH-]C(=O)S. The van der Waals surface area contributed by atoms with Gasteiger partial charge in [-0.25, -0.2) is 0 Å². The van der Waals surface area contributed by atoms with E-state index in [4.69, 9.17) is 10.5 Å². The second-order valence-electron chi connectivity index (χ2n) is 5.70. The van der Waals surface area contributed by atoms with Gasteiger partial charge >= 0.3 is 51.4 Å². The van der Waals surface area contributed by atoms with Gasteiger partial charge in [0.25, 0.3) is 0 Å². The Balaban J connectivity index is -0.000000292. The maximum atomic E-state index is 8.98. The fourth-order valence-corrected chi connectivity index (χ4v) is 2.07. The van der Waals surface area contributed by atoms with E-state index < -0.39 is 5.24 Å². The molecule has 0 rings (SSSR count). The average molecular weight is 271 g/mol. The Hall–Kier alpha value is 1.42. The molecule has 0 radical (unpaired) electrons. The van der Waals surface area contributed by atoms with Crippen LogP contribution in [0.4, 0.5) is 4.79 Å². The number of nitrogens with zero attached hydrogens (tertiary/aromatic N) is 1. The Bertz CT molecular complexity index is 179. The number of rotatable bonds is 1. The molecule has 5 heteroatoms. The van der Waals surface area contributed by atoms with Crippen LogP contribution in [-0.2, 0) is 0 Å². The first-order valence-corrected chi connectivity index (χ1v) is 5.41. The summed E-state index contributed by atoms with van der Waals surface area (Å²) in [5.74, 6) is 0. The van der Waals surface area contributed by atoms with E-state index in [1.54, 1.807) is 0 Å². The van der Waals surface area contributed by atoms with Crippen LogP contribution in [0.1, 0.15) is 41.5 Å². The van der Waals surface area contributed by atoms with Gasteiger partial charge in [0.15, 0.2) is 0 Å². The van der Waals surface area contributed by atoms with Crippen molar-refractivity contribution < 1.29 is 56.2 Å². The van der Waals surface area contributed by atoms with Crippen LogP contribution in [0.5, 0.6) is 0 Å². The van der Waals surface area contributed by atoms with Gasteiger partial charge in [-0.3, -0.25) is 0 Å². The number of carbonyl (C=O) groups excluding carboxylic acids is 1. The van der Waals surface area contributed by atoms with E-state index >= 15 is 0 Å². The Kier molecular flexibility index (Phi) is 13.2. The van der Waals surface area contributed by atoms with Gasteiger partial charge < -0.3 is 15.8 Å². The molecule has 0 saturated carbocycles. The number of nitrogens with one attached hydrogen (secondary N) is 1. The van der Waals surface area contributed by atoms with Gasteiger partial charge in [0, 0.05) is 0 Å². The molecule has 0 spiro atoms. The number of thiol groups is 1. The first-order chi connectivity index (χ1) is 6.42. The molecule has 0 aliphatic carbocycles. The van der Waals surface area contributed by atoms with Crippen molar-refractivity contribution in [3.63, 3.8) is 0 Å². The first-order valence-electron chi connectivity index (χ1n) is 4.96. The van der Waals surface area contributed by atoms with E-state index in [0.29, 0.717) is 6.04 Å². The standard InChI is InChI=1S/C10H22N.CH3NOS.K/c1-9(2,3)8(11-7)10(4,5)6;2-1(3)4;/h8H,1-7H3;(H3,2,3,4);/q-1;;+1/p-1. The second-order valence-corrected chi connectivity index (χ2v) is 6.10. The molecule has 0 saturated heterocycles. The monoisotopic (exact) mass is 271 g/mol. The summed E-state index contributed by atoms with van der Waals surface area (Å²) >= 11 is 2.99. The molecule has 16 heavy (non-hydrogen) atoms. The Morgan fingerprint density at radius 2 is 1.31 bits per heavy atom. The maximum absolute atomic E-state index is 8.98. The van der Waals surface area contributed by atoms with Gasteiger partial charge in [-0.1, -0.05) is 52.4 Å². The summed E-state index contributed by atoms with van der Waals surface area (Å²) in [6.45, 7) is 13.5. The van der Waals surface area contributed by atoms with Gasteiger partial charge in [0.1, 0.15) is 5.24 Å². The number of carbonyl (C=O) groups is 1. The Morgan fingerprint density at radius 3 is 1.31 bits per heavy atom. The molecule has 0 bridgehead atoms. The molecule has 0 aromatic rings. The van der Waals surface area contributed by atoms with Crippen LogP contribution in [0.25, 0.3) is 11.1 Å². The summed E-state index contributed by atoms with van der Waals surface area (Å²) in [6.07, 6.45) is 0. The van der Waals surface area contributed by atoms with E-state index in [9.17, 15) is 0 Å². The van der Waals surface area contributed by atoms with E-state index in [-0.39, 0.29) is 62.2 Å². The van der Waals surface area contributed by atoms with Crippen LogP contribution >= 0.6 is 12.6 Å². The van der Waals surface area contributed by atoms with E-state index in [2.05, 4.69) is 59.5 Å².